The highest BCUT2D eigenvalue weighted by Gasteiger charge is 2.27. The van der Waals surface area contributed by atoms with E-state index in [2.05, 4.69) is 19.2 Å². The fourth-order valence-corrected chi connectivity index (χ4v) is 1.26. The van der Waals surface area contributed by atoms with Gasteiger partial charge in [0.05, 0.1) is 0 Å². The maximum absolute atomic E-state index is 11.7. The summed E-state index contributed by atoms with van der Waals surface area (Å²) >= 11 is 0. The molecule has 3 heteroatoms. The lowest BCUT2D eigenvalue weighted by atomic mass is 10.0. The number of nitrogens with one attached hydrogen (secondary N) is 1. The summed E-state index contributed by atoms with van der Waals surface area (Å²) in [6.07, 6.45) is 0.992. The van der Waals surface area contributed by atoms with Gasteiger partial charge in [0.25, 0.3) is 5.91 Å². The topological polar surface area (TPSA) is 38.3 Å². The van der Waals surface area contributed by atoms with Gasteiger partial charge in [-0.2, -0.15) is 0 Å². The molecule has 0 aliphatic heterocycles. The number of carbonyl (C=O) groups excluding carboxylic acids is 1. The van der Waals surface area contributed by atoms with Gasteiger partial charge in [0.15, 0.2) is 0 Å². The van der Waals surface area contributed by atoms with Crippen molar-refractivity contribution in [3.8, 4) is 0 Å². The first-order valence-corrected chi connectivity index (χ1v) is 5.15. The molecule has 0 fully saturated rings. The monoisotopic (exact) mass is 201 g/mol. The molecular formula is C11H23NO2. The standard InChI is InChI=1S/C11H23NO2/c1-8(2)7-9(3)12-10(13)11(4,5)14-6/h8-9H,7H2,1-6H3,(H,12,13). The molecule has 1 N–H and O–H groups in total. The van der Waals surface area contributed by atoms with Crippen molar-refractivity contribution in [2.24, 2.45) is 5.92 Å². The first-order chi connectivity index (χ1) is 6.29. The van der Waals surface area contributed by atoms with Crippen LogP contribution in [-0.2, 0) is 9.53 Å². The van der Waals surface area contributed by atoms with Crippen LogP contribution in [0.2, 0.25) is 0 Å². The second-order valence-electron chi connectivity index (χ2n) is 4.72. The molecule has 0 saturated heterocycles. The predicted octanol–water partition coefficient (Wildman–Crippen LogP) is 1.96. The zero-order chi connectivity index (χ0) is 11.4. The molecule has 0 aliphatic rings. The third kappa shape index (κ3) is 4.61. The molecular weight excluding hydrogens is 178 g/mol. The number of carbonyl (C=O) groups is 1. The maximum atomic E-state index is 11.7. The van der Waals surface area contributed by atoms with E-state index in [1.807, 2.05) is 6.92 Å². The fourth-order valence-electron chi connectivity index (χ4n) is 1.26. The molecule has 0 saturated carbocycles. The Bertz CT molecular complexity index is 188. The van der Waals surface area contributed by atoms with Crippen LogP contribution in [0.1, 0.15) is 41.0 Å². The van der Waals surface area contributed by atoms with Crippen LogP contribution in [-0.4, -0.2) is 24.7 Å². The molecule has 3 nitrogen and oxygen atoms in total. The zero-order valence-electron chi connectivity index (χ0n) is 10.2. The Hall–Kier alpha value is -0.570. The van der Waals surface area contributed by atoms with Gasteiger partial charge in [0.1, 0.15) is 5.60 Å². The first-order valence-electron chi connectivity index (χ1n) is 5.15. The summed E-state index contributed by atoms with van der Waals surface area (Å²) in [5.74, 6) is 0.545. The third-order valence-electron chi connectivity index (χ3n) is 2.26. The number of methoxy groups -OCH3 is 1. The number of hydrogen-bond donors (Lipinski definition) is 1. The largest absolute Gasteiger partial charge is 0.369 e. The van der Waals surface area contributed by atoms with Gasteiger partial charge < -0.3 is 10.1 Å². The van der Waals surface area contributed by atoms with Crippen molar-refractivity contribution in [3.05, 3.63) is 0 Å². The van der Waals surface area contributed by atoms with Gasteiger partial charge in [0.2, 0.25) is 0 Å². The summed E-state index contributed by atoms with van der Waals surface area (Å²) in [7, 11) is 1.55. The van der Waals surface area contributed by atoms with E-state index < -0.39 is 5.60 Å². The summed E-state index contributed by atoms with van der Waals surface area (Å²) in [5, 5.41) is 2.94. The van der Waals surface area contributed by atoms with E-state index >= 15 is 0 Å². The van der Waals surface area contributed by atoms with E-state index in [0.29, 0.717) is 5.92 Å². The van der Waals surface area contributed by atoms with Gasteiger partial charge in [-0.05, 0) is 33.1 Å². The molecule has 0 aromatic rings. The van der Waals surface area contributed by atoms with Crippen molar-refractivity contribution in [2.45, 2.75) is 52.7 Å². The smallest absolute Gasteiger partial charge is 0.251 e. The van der Waals surface area contributed by atoms with Gasteiger partial charge in [0, 0.05) is 13.2 Å². The van der Waals surface area contributed by atoms with Crippen LogP contribution in [0, 0.1) is 5.92 Å². The van der Waals surface area contributed by atoms with Gasteiger partial charge in [-0.15, -0.1) is 0 Å². The molecule has 0 aliphatic carbocycles. The van der Waals surface area contributed by atoms with Crippen LogP contribution in [0.5, 0.6) is 0 Å². The molecule has 1 unspecified atom stereocenters. The summed E-state index contributed by atoms with van der Waals surface area (Å²) in [5.41, 5.74) is -0.731. The van der Waals surface area contributed by atoms with E-state index in [4.69, 9.17) is 4.74 Å². The lowest BCUT2D eigenvalue weighted by Crippen LogP contribution is -2.47. The Morgan fingerprint density at radius 1 is 1.36 bits per heavy atom. The normalized spacial score (nSPS) is 14.2. The maximum Gasteiger partial charge on any atom is 0.251 e. The fraction of sp³-hybridized carbons (Fsp3) is 0.909. The molecule has 14 heavy (non-hydrogen) atoms. The quantitative estimate of drug-likeness (QED) is 0.738. The highest BCUT2D eigenvalue weighted by atomic mass is 16.5. The molecule has 0 bridgehead atoms. The molecule has 84 valence electrons. The molecule has 0 rings (SSSR count). The molecule has 1 amide bonds. The van der Waals surface area contributed by atoms with E-state index in [0.717, 1.165) is 6.42 Å². The van der Waals surface area contributed by atoms with Crippen molar-refractivity contribution >= 4 is 5.91 Å². The Balaban J connectivity index is 4.06. The Kier molecular flexibility index (Phi) is 5.13. The van der Waals surface area contributed by atoms with Crippen LogP contribution < -0.4 is 5.32 Å². The summed E-state index contributed by atoms with van der Waals surface area (Å²) in [4.78, 5) is 11.7. The van der Waals surface area contributed by atoms with E-state index in [1.54, 1.807) is 21.0 Å². The van der Waals surface area contributed by atoms with E-state index in [9.17, 15) is 4.79 Å². The Labute approximate surface area is 87.2 Å². The zero-order valence-corrected chi connectivity index (χ0v) is 10.2. The summed E-state index contributed by atoms with van der Waals surface area (Å²) < 4.78 is 5.09. The lowest BCUT2D eigenvalue weighted by Gasteiger charge is -2.25. The van der Waals surface area contributed by atoms with E-state index in [1.165, 1.54) is 0 Å². The Morgan fingerprint density at radius 3 is 2.21 bits per heavy atom. The van der Waals surface area contributed by atoms with Crippen molar-refractivity contribution in [1.29, 1.82) is 0 Å². The van der Waals surface area contributed by atoms with Crippen LogP contribution in [0.15, 0.2) is 0 Å². The molecule has 0 spiro atoms. The van der Waals surface area contributed by atoms with Crippen LogP contribution in [0.4, 0.5) is 0 Å². The number of amides is 1. The van der Waals surface area contributed by atoms with Crippen molar-refractivity contribution < 1.29 is 9.53 Å². The second-order valence-corrected chi connectivity index (χ2v) is 4.72. The average molecular weight is 201 g/mol. The minimum Gasteiger partial charge on any atom is -0.369 e. The molecule has 0 aromatic heterocycles. The number of ether oxygens (including phenoxy) is 1. The van der Waals surface area contributed by atoms with Crippen molar-refractivity contribution in [1.82, 2.24) is 5.32 Å². The van der Waals surface area contributed by atoms with Crippen LogP contribution >= 0.6 is 0 Å². The SMILES string of the molecule is COC(C)(C)C(=O)NC(C)CC(C)C. The van der Waals surface area contributed by atoms with Crippen LogP contribution in [0.3, 0.4) is 0 Å². The molecule has 0 aromatic carbocycles. The van der Waals surface area contributed by atoms with E-state index in [-0.39, 0.29) is 11.9 Å². The minimum atomic E-state index is -0.731. The van der Waals surface area contributed by atoms with Gasteiger partial charge >= 0.3 is 0 Å². The summed E-state index contributed by atoms with van der Waals surface area (Å²) in [6, 6.07) is 0.205. The van der Waals surface area contributed by atoms with Gasteiger partial charge in [-0.3, -0.25) is 4.79 Å². The third-order valence-corrected chi connectivity index (χ3v) is 2.26. The van der Waals surface area contributed by atoms with Crippen LogP contribution in [0.25, 0.3) is 0 Å². The van der Waals surface area contributed by atoms with Gasteiger partial charge in [-0.25, -0.2) is 0 Å². The minimum absolute atomic E-state index is 0.0480. The molecule has 0 heterocycles. The Morgan fingerprint density at radius 2 is 1.86 bits per heavy atom. The summed E-state index contributed by atoms with van der Waals surface area (Å²) in [6.45, 7) is 9.84. The van der Waals surface area contributed by atoms with Gasteiger partial charge in [-0.1, -0.05) is 13.8 Å². The number of hydrogen-bond acceptors (Lipinski definition) is 2. The van der Waals surface area contributed by atoms with Crippen molar-refractivity contribution in [2.75, 3.05) is 7.11 Å². The highest BCUT2D eigenvalue weighted by Crippen LogP contribution is 2.09. The number of rotatable bonds is 5. The molecule has 1 atom stereocenters. The predicted molar refractivity (Wildman–Crippen MR) is 58.1 cm³/mol. The first kappa shape index (κ1) is 13.4. The average Bonchev–Trinajstić information content (AvgIpc) is 2.02. The highest BCUT2D eigenvalue weighted by molar-refractivity contribution is 5.84. The second kappa shape index (κ2) is 5.35. The lowest BCUT2D eigenvalue weighted by molar-refractivity contribution is -0.140. The van der Waals surface area contributed by atoms with Crippen molar-refractivity contribution in [3.63, 3.8) is 0 Å². The molecule has 0 radical (unpaired) electrons.